The maximum atomic E-state index is 12.2. The van der Waals surface area contributed by atoms with Crippen LogP contribution in [0.2, 0.25) is 10.0 Å². The summed E-state index contributed by atoms with van der Waals surface area (Å²) < 4.78 is 1.94. The second kappa shape index (κ2) is 6.71. The summed E-state index contributed by atoms with van der Waals surface area (Å²) in [5.74, 6) is -0.0115. The summed E-state index contributed by atoms with van der Waals surface area (Å²) in [5, 5.41) is 0.935. The molecular weight excluding hydrogens is 325 g/mol. The largest absolute Gasteiger partial charge is 1.00 e. The number of carbonyl (C=O) groups is 1. The van der Waals surface area contributed by atoms with Crippen LogP contribution >= 0.6 is 34.5 Å². The summed E-state index contributed by atoms with van der Waals surface area (Å²) in [4.78, 5) is 13.4. The molecule has 0 N–H and O–H groups in total. The predicted molar refractivity (Wildman–Crippen MR) is 74.8 cm³/mol. The highest BCUT2D eigenvalue weighted by Gasteiger charge is 2.19. The van der Waals surface area contributed by atoms with Crippen molar-refractivity contribution in [3.63, 3.8) is 0 Å². The standard InChI is InChI=1S/C13H12Cl2NOS.ClH/c1-8-9(2)18-7-16(8)6-13(17)11-4-3-10(14)5-12(11)15;/h3-5,7H,6H2,1-2H3;1H/q+1;/p-1. The fraction of sp³-hybridized carbons (Fsp3) is 0.231. The number of thiazole rings is 1. The number of carbonyl (C=O) groups excluding carboxylic acids is 1. The molecule has 0 saturated heterocycles. The molecule has 2 aromatic rings. The van der Waals surface area contributed by atoms with E-state index in [-0.39, 0.29) is 18.2 Å². The lowest BCUT2D eigenvalue weighted by molar-refractivity contribution is -0.684. The minimum Gasteiger partial charge on any atom is -1.00 e. The molecule has 0 bridgehead atoms. The zero-order chi connectivity index (χ0) is 13.3. The van der Waals surface area contributed by atoms with Crippen molar-refractivity contribution in [2.75, 3.05) is 0 Å². The first-order chi connectivity index (χ1) is 8.49. The SMILES string of the molecule is Cc1sc[n+](CC(=O)c2ccc(Cl)cc2Cl)c1C.[Cl-]. The van der Waals surface area contributed by atoms with Crippen LogP contribution in [0.5, 0.6) is 0 Å². The maximum Gasteiger partial charge on any atom is 0.229 e. The smallest absolute Gasteiger partial charge is 0.229 e. The number of hydrogen-bond donors (Lipinski definition) is 0. The number of Topliss-reactive ketones (excluding diaryl/α,β-unsaturated/α-hetero) is 1. The topological polar surface area (TPSA) is 20.9 Å². The number of ketones is 1. The summed E-state index contributed by atoms with van der Waals surface area (Å²) in [7, 11) is 0. The molecule has 1 aromatic heterocycles. The van der Waals surface area contributed by atoms with E-state index in [1.807, 2.05) is 23.9 Å². The molecule has 2 nitrogen and oxygen atoms in total. The molecule has 19 heavy (non-hydrogen) atoms. The van der Waals surface area contributed by atoms with Gasteiger partial charge in [0.1, 0.15) is 0 Å². The Kier molecular flexibility index (Phi) is 5.81. The number of rotatable bonds is 3. The molecule has 0 aliphatic rings. The van der Waals surface area contributed by atoms with E-state index < -0.39 is 0 Å². The molecule has 0 unspecified atom stereocenters. The van der Waals surface area contributed by atoms with E-state index in [1.54, 1.807) is 29.5 Å². The Morgan fingerprint density at radius 2 is 2.00 bits per heavy atom. The highest BCUT2D eigenvalue weighted by molar-refractivity contribution is 7.09. The van der Waals surface area contributed by atoms with Gasteiger partial charge in [-0.05, 0) is 25.1 Å². The zero-order valence-corrected chi connectivity index (χ0v) is 13.5. The van der Waals surface area contributed by atoms with E-state index in [0.717, 1.165) is 5.69 Å². The maximum absolute atomic E-state index is 12.2. The minimum atomic E-state index is -0.0115. The van der Waals surface area contributed by atoms with E-state index in [9.17, 15) is 4.79 Å². The summed E-state index contributed by atoms with van der Waals surface area (Å²) >= 11 is 13.5. The molecule has 0 fully saturated rings. The molecule has 0 saturated carbocycles. The van der Waals surface area contributed by atoms with Crippen molar-refractivity contribution in [2.24, 2.45) is 0 Å². The van der Waals surface area contributed by atoms with E-state index >= 15 is 0 Å². The van der Waals surface area contributed by atoms with E-state index in [2.05, 4.69) is 0 Å². The van der Waals surface area contributed by atoms with Gasteiger partial charge in [-0.3, -0.25) is 4.79 Å². The van der Waals surface area contributed by atoms with Crippen LogP contribution < -0.4 is 17.0 Å². The van der Waals surface area contributed by atoms with E-state index in [4.69, 9.17) is 23.2 Å². The van der Waals surface area contributed by atoms with Gasteiger partial charge < -0.3 is 12.4 Å². The average Bonchev–Trinajstić information content (AvgIpc) is 2.61. The second-order valence-corrected chi connectivity index (χ2v) is 5.94. The van der Waals surface area contributed by atoms with Gasteiger partial charge in [0.25, 0.3) is 0 Å². The average molecular weight is 337 g/mol. The van der Waals surface area contributed by atoms with Gasteiger partial charge in [-0.15, -0.1) is 0 Å². The number of nitrogens with zero attached hydrogens (tertiary/aromatic N) is 1. The van der Waals surface area contributed by atoms with Gasteiger partial charge in [0.05, 0.1) is 9.90 Å². The highest BCUT2D eigenvalue weighted by Crippen LogP contribution is 2.21. The summed E-state index contributed by atoms with van der Waals surface area (Å²) in [6, 6.07) is 4.94. The van der Waals surface area contributed by atoms with Crippen molar-refractivity contribution in [3.05, 3.63) is 49.9 Å². The predicted octanol–water partition coefficient (Wildman–Crippen LogP) is 0.846. The van der Waals surface area contributed by atoms with Gasteiger partial charge in [-0.25, -0.2) is 0 Å². The third kappa shape index (κ3) is 3.69. The first kappa shape index (κ1) is 16.4. The number of hydrogen-bond acceptors (Lipinski definition) is 2. The highest BCUT2D eigenvalue weighted by atomic mass is 35.5. The van der Waals surface area contributed by atoms with Gasteiger partial charge >= 0.3 is 0 Å². The molecule has 0 aliphatic carbocycles. The Morgan fingerprint density at radius 1 is 1.32 bits per heavy atom. The van der Waals surface area contributed by atoms with Crippen LogP contribution in [-0.4, -0.2) is 5.78 Å². The molecule has 0 atom stereocenters. The molecule has 0 spiro atoms. The number of aromatic nitrogens is 1. The molecule has 0 radical (unpaired) electrons. The number of aryl methyl sites for hydroxylation is 1. The molecule has 102 valence electrons. The Labute approximate surface area is 132 Å². The van der Waals surface area contributed by atoms with E-state index in [1.165, 1.54) is 4.88 Å². The van der Waals surface area contributed by atoms with Crippen LogP contribution in [-0.2, 0) is 6.54 Å². The minimum absolute atomic E-state index is 0. The Bertz CT molecular complexity index is 610. The van der Waals surface area contributed by atoms with Gasteiger partial charge in [0.2, 0.25) is 17.8 Å². The molecular formula is C13H12Cl3NOS. The lowest BCUT2D eigenvalue weighted by Gasteiger charge is -2.01. The Morgan fingerprint density at radius 3 is 2.53 bits per heavy atom. The van der Waals surface area contributed by atoms with Crippen LogP contribution in [0.15, 0.2) is 23.7 Å². The van der Waals surface area contributed by atoms with Crippen LogP contribution in [0, 0.1) is 13.8 Å². The van der Waals surface area contributed by atoms with Crippen LogP contribution in [0.25, 0.3) is 0 Å². The molecule has 1 heterocycles. The van der Waals surface area contributed by atoms with Crippen molar-refractivity contribution in [2.45, 2.75) is 20.4 Å². The van der Waals surface area contributed by atoms with Crippen molar-refractivity contribution >= 4 is 40.3 Å². The molecule has 6 heteroatoms. The van der Waals surface area contributed by atoms with Gasteiger partial charge in [0, 0.05) is 17.5 Å². The Hall–Kier alpha value is -0.610. The lowest BCUT2D eigenvalue weighted by atomic mass is 10.1. The summed E-state index contributed by atoms with van der Waals surface area (Å²) in [6.45, 7) is 4.34. The van der Waals surface area contributed by atoms with Gasteiger partial charge in [-0.2, -0.15) is 4.57 Å². The quantitative estimate of drug-likeness (QED) is 0.601. The summed E-state index contributed by atoms with van der Waals surface area (Å²) in [6.07, 6.45) is 0. The van der Waals surface area contributed by atoms with Crippen molar-refractivity contribution in [1.82, 2.24) is 0 Å². The summed E-state index contributed by atoms with van der Waals surface area (Å²) in [5.41, 5.74) is 3.57. The zero-order valence-electron chi connectivity index (χ0n) is 10.4. The molecule has 0 amide bonds. The molecule has 1 aromatic carbocycles. The fourth-order valence-corrected chi connectivity index (χ4v) is 2.94. The first-order valence-corrected chi connectivity index (χ1v) is 7.05. The monoisotopic (exact) mass is 335 g/mol. The van der Waals surface area contributed by atoms with Crippen LogP contribution in [0.1, 0.15) is 20.9 Å². The van der Waals surface area contributed by atoms with Crippen molar-refractivity contribution in [3.8, 4) is 0 Å². The van der Waals surface area contributed by atoms with Crippen molar-refractivity contribution < 1.29 is 21.8 Å². The first-order valence-electron chi connectivity index (χ1n) is 5.41. The molecule has 2 rings (SSSR count). The lowest BCUT2D eigenvalue weighted by Crippen LogP contribution is -3.00. The molecule has 0 aliphatic heterocycles. The van der Waals surface area contributed by atoms with Crippen molar-refractivity contribution in [1.29, 1.82) is 0 Å². The van der Waals surface area contributed by atoms with Crippen LogP contribution in [0.4, 0.5) is 0 Å². The third-order valence-corrected chi connectivity index (χ3v) is 4.40. The third-order valence-electron chi connectivity index (χ3n) is 2.84. The number of halogens is 3. The van der Waals surface area contributed by atoms with E-state index in [0.29, 0.717) is 22.2 Å². The normalized spacial score (nSPS) is 10.1. The van der Waals surface area contributed by atoms with Gasteiger partial charge in [-0.1, -0.05) is 34.5 Å². The second-order valence-electron chi connectivity index (χ2n) is 4.04. The Balaban J connectivity index is 0.00000180. The number of benzene rings is 1. The van der Waals surface area contributed by atoms with Crippen LogP contribution in [0.3, 0.4) is 0 Å². The van der Waals surface area contributed by atoms with Gasteiger partial charge in [0.15, 0.2) is 5.69 Å². The fourth-order valence-electron chi connectivity index (χ4n) is 1.62.